The van der Waals surface area contributed by atoms with Crippen LogP contribution in [0.15, 0.2) is 23.1 Å². The molecule has 0 radical (unpaired) electrons. The lowest BCUT2D eigenvalue weighted by Crippen LogP contribution is -2.27. The van der Waals surface area contributed by atoms with Crippen LogP contribution in [0.1, 0.15) is 5.56 Å². The van der Waals surface area contributed by atoms with Gasteiger partial charge in [0.2, 0.25) is 0 Å². The smallest absolute Gasteiger partial charge is 0.255 e. The third-order valence-electron chi connectivity index (χ3n) is 2.02. The van der Waals surface area contributed by atoms with Crippen LogP contribution in [0.2, 0.25) is 0 Å². The van der Waals surface area contributed by atoms with E-state index in [0.29, 0.717) is 5.56 Å². The Bertz CT molecular complexity index is 490. The lowest BCUT2D eigenvalue weighted by molar-refractivity contribution is 0.592. The van der Waals surface area contributed by atoms with Crippen molar-refractivity contribution in [2.75, 3.05) is 12.0 Å². The van der Waals surface area contributed by atoms with Crippen LogP contribution < -0.4 is 11.3 Å². The highest BCUT2D eigenvalue weighted by atomic mass is 32.2. The number of aryl methyl sites for hydroxylation is 1. The molecule has 0 aliphatic rings. The van der Waals surface area contributed by atoms with Crippen LogP contribution >= 0.6 is 0 Å². The van der Waals surface area contributed by atoms with Gasteiger partial charge >= 0.3 is 0 Å². The molecule has 0 bridgehead atoms. The van der Waals surface area contributed by atoms with E-state index in [9.17, 15) is 13.2 Å². The molecule has 0 amide bonds. The Morgan fingerprint density at radius 1 is 1.47 bits per heavy atom. The average molecular weight is 230 g/mol. The molecule has 0 fully saturated rings. The van der Waals surface area contributed by atoms with Gasteiger partial charge in [-0.2, -0.15) is 0 Å². The highest BCUT2D eigenvalue weighted by Crippen LogP contribution is 1.92. The number of rotatable bonds is 4. The van der Waals surface area contributed by atoms with Crippen LogP contribution in [0.5, 0.6) is 0 Å². The van der Waals surface area contributed by atoms with E-state index in [1.165, 1.54) is 4.57 Å². The molecule has 2 N–H and O–H groups in total. The first kappa shape index (κ1) is 11.9. The summed E-state index contributed by atoms with van der Waals surface area (Å²) in [6.07, 6.45) is 2.71. The first-order valence-corrected chi connectivity index (χ1v) is 6.56. The molecule has 0 spiro atoms. The fraction of sp³-hybridized carbons (Fsp3) is 0.444. The lowest BCUT2D eigenvalue weighted by Gasteiger charge is -2.05. The molecule has 6 heteroatoms. The van der Waals surface area contributed by atoms with E-state index in [4.69, 9.17) is 5.73 Å². The van der Waals surface area contributed by atoms with Gasteiger partial charge in [0.1, 0.15) is 9.84 Å². The van der Waals surface area contributed by atoms with Crippen molar-refractivity contribution in [1.29, 1.82) is 0 Å². The molecular formula is C9H14N2O3S. The van der Waals surface area contributed by atoms with Crippen LogP contribution in [-0.4, -0.2) is 25.0 Å². The van der Waals surface area contributed by atoms with Gasteiger partial charge < -0.3 is 10.3 Å². The van der Waals surface area contributed by atoms with Crippen LogP contribution in [0, 0.1) is 0 Å². The van der Waals surface area contributed by atoms with Crippen molar-refractivity contribution in [3.05, 3.63) is 34.2 Å². The summed E-state index contributed by atoms with van der Waals surface area (Å²) >= 11 is 0. The Labute approximate surface area is 88.4 Å². The molecule has 1 heterocycles. The molecular weight excluding hydrogens is 216 g/mol. The maximum atomic E-state index is 11.6. The predicted octanol–water partition coefficient (Wildman–Crippen LogP) is -0.648. The summed E-state index contributed by atoms with van der Waals surface area (Å²) in [4.78, 5) is 11.6. The number of nitrogens with two attached hydrogens (primary N) is 1. The van der Waals surface area contributed by atoms with E-state index in [1.807, 2.05) is 0 Å². The number of pyridine rings is 1. The highest BCUT2D eigenvalue weighted by Gasteiger charge is 2.05. The van der Waals surface area contributed by atoms with Crippen LogP contribution in [0.25, 0.3) is 0 Å². The van der Waals surface area contributed by atoms with Crippen molar-refractivity contribution < 1.29 is 8.42 Å². The standard InChI is InChI=1S/C9H14N2O3S/c1-15(13,14)6-5-11-4-2-3-8(7-10)9(11)12/h2-4H,5-7,10H2,1H3. The third-order valence-corrected chi connectivity index (χ3v) is 2.95. The maximum Gasteiger partial charge on any atom is 0.255 e. The minimum absolute atomic E-state index is 0.0407. The maximum absolute atomic E-state index is 11.6. The zero-order chi connectivity index (χ0) is 11.5. The van der Waals surface area contributed by atoms with Crippen LogP contribution in [0.3, 0.4) is 0 Å². The topological polar surface area (TPSA) is 82.2 Å². The Hall–Kier alpha value is -1.14. The van der Waals surface area contributed by atoms with Crippen molar-refractivity contribution in [3.63, 3.8) is 0 Å². The monoisotopic (exact) mass is 230 g/mol. The number of sulfone groups is 1. The Balaban J connectivity index is 2.92. The second kappa shape index (κ2) is 4.59. The zero-order valence-corrected chi connectivity index (χ0v) is 9.33. The van der Waals surface area contributed by atoms with Crippen molar-refractivity contribution in [1.82, 2.24) is 4.57 Å². The summed E-state index contributed by atoms with van der Waals surface area (Å²) in [5.41, 5.74) is 5.64. The summed E-state index contributed by atoms with van der Waals surface area (Å²) in [7, 11) is -3.05. The van der Waals surface area contributed by atoms with Gasteiger partial charge in [0, 0.05) is 31.1 Å². The molecule has 1 aromatic heterocycles. The van der Waals surface area contributed by atoms with E-state index in [0.717, 1.165) is 6.26 Å². The van der Waals surface area contributed by atoms with Gasteiger partial charge in [0.15, 0.2) is 0 Å². The van der Waals surface area contributed by atoms with Gasteiger partial charge in [-0.05, 0) is 6.07 Å². The summed E-state index contributed by atoms with van der Waals surface area (Å²) in [5.74, 6) is -0.0407. The summed E-state index contributed by atoms with van der Waals surface area (Å²) in [5, 5.41) is 0. The summed E-state index contributed by atoms with van der Waals surface area (Å²) in [6.45, 7) is 0.337. The molecule has 0 saturated carbocycles. The van der Waals surface area contributed by atoms with Gasteiger partial charge in [-0.3, -0.25) is 4.79 Å². The Morgan fingerprint density at radius 3 is 2.67 bits per heavy atom. The highest BCUT2D eigenvalue weighted by molar-refractivity contribution is 7.90. The van der Waals surface area contributed by atoms with Gasteiger partial charge in [-0.25, -0.2) is 8.42 Å². The van der Waals surface area contributed by atoms with E-state index < -0.39 is 9.84 Å². The largest absolute Gasteiger partial charge is 0.326 e. The fourth-order valence-electron chi connectivity index (χ4n) is 1.18. The van der Waals surface area contributed by atoms with Crippen molar-refractivity contribution in [2.24, 2.45) is 5.73 Å². The van der Waals surface area contributed by atoms with Crippen LogP contribution in [0.4, 0.5) is 0 Å². The zero-order valence-electron chi connectivity index (χ0n) is 8.51. The molecule has 84 valence electrons. The molecule has 1 aromatic rings. The lowest BCUT2D eigenvalue weighted by atomic mass is 10.3. The summed E-state index contributed by atoms with van der Waals surface area (Å²) < 4.78 is 23.2. The quantitative estimate of drug-likeness (QED) is 0.745. The molecule has 0 aliphatic heterocycles. The van der Waals surface area contributed by atoms with Gasteiger partial charge in [0.25, 0.3) is 5.56 Å². The Morgan fingerprint density at radius 2 is 2.13 bits per heavy atom. The molecule has 0 atom stereocenters. The second-order valence-electron chi connectivity index (χ2n) is 3.37. The molecule has 15 heavy (non-hydrogen) atoms. The first-order chi connectivity index (χ1) is 6.94. The number of hydrogen-bond donors (Lipinski definition) is 1. The van der Waals surface area contributed by atoms with Gasteiger partial charge in [-0.15, -0.1) is 0 Å². The summed E-state index contributed by atoms with van der Waals surface area (Å²) in [6, 6.07) is 3.32. The fourth-order valence-corrected chi connectivity index (χ4v) is 1.71. The SMILES string of the molecule is CS(=O)(=O)CCn1cccc(CN)c1=O. The minimum Gasteiger partial charge on any atom is -0.326 e. The average Bonchev–Trinajstić information content (AvgIpc) is 2.15. The van der Waals surface area contributed by atoms with Crippen molar-refractivity contribution in [2.45, 2.75) is 13.1 Å². The molecule has 0 aromatic carbocycles. The third kappa shape index (κ3) is 3.49. The second-order valence-corrected chi connectivity index (χ2v) is 5.63. The number of nitrogens with zero attached hydrogens (tertiary/aromatic N) is 1. The number of hydrogen-bond acceptors (Lipinski definition) is 4. The van der Waals surface area contributed by atoms with E-state index >= 15 is 0 Å². The molecule has 0 saturated heterocycles. The molecule has 1 rings (SSSR count). The van der Waals surface area contributed by atoms with Crippen molar-refractivity contribution >= 4 is 9.84 Å². The Kier molecular flexibility index (Phi) is 3.65. The van der Waals surface area contributed by atoms with E-state index in [-0.39, 0.29) is 24.4 Å². The van der Waals surface area contributed by atoms with E-state index in [1.54, 1.807) is 18.3 Å². The van der Waals surface area contributed by atoms with Crippen molar-refractivity contribution in [3.8, 4) is 0 Å². The number of aromatic nitrogens is 1. The first-order valence-electron chi connectivity index (χ1n) is 4.50. The predicted molar refractivity (Wildman–Crippen MR) is 58.3 cm³/mol. The molecule has 0 unspecified atom stereocenters. The van der Waals surface area contributed by atoms with Gasteiger partial charge in [0.05, 0.1) is 5.75 Å². The molecule has 0 aliphatic carbocycles. The normalized spacial score (nSPS) is 11.6. The molecule has 5 nitrogen and oxygen atoms in total. The van der Waals surface area contributed by atoms with E-state index in [2.05, 4.69) is 0 Å². The van der Waals surface area contributed by atoms with Crippen LogP contribution in [-0.2, 0) is 22.9 Å². The minimum atomic E-state index is -3.05. The van der Waals surface area contributed by atoms with Gasteiger partial charge in [-0.1, -0.05) is 6.07 Å².